The number of carbonyl (C=O) groups is 2. The molecule has 0 saturated carbocycles. The summed E-state index contributed by atoms with van der Waals surface area (Å²) in [4.78, 5) is 40.2. The number of urea groups is 1. The van der Waals surface area contributed by atoms with E-state index in [2.05, 4.69) is 9.62 Å². The lowest BCUT2D eigenvalue weighted by atomic mass is 9.93. The molecule has 52 heavy (non-hydrogen) atoms. The highest BCUT2D eigenvalue weighted by molar-refractivity contribution is 7.89. The number of nitrogens with one attached hydrogen (secondary N) is 1. The molecule has 2 atom stereocenters. The Hall–Kier alpha value is -3.72. The van der Waals surface area contributed by atoms with Crippen molar-refractivity contribution in [3.63, 3.8) is 0 Å². The monoisotopic (exact) mass is 772 g/mol. The van der Waals surface area contributed by atoms with Crippen LogP contribution in [0.4, 0.5) is 4.79 Å². The number of piperazine rings is 1. The number of amides is 3. The minimum Gasteiger partial charge on any atom is -0.493 e. The lowest BCUT2D eigenvalue weighted by Crippen LogP contribution is -2.55. The van der Waals surface area contributed by atoms with E-state index in [0.29, 0.717) is 53.1 Å². The molecule has 0 unspecified atom stereocenters. The highest BCUT2D eigenvalue weighted by Crippen LogP contribution is 2.46. The Morgan fingerprint density at radius 3 is 2.13 bits per heavy atom. The first-order chi connectivity index (χ1) is 24.7. The molecule has 1 fully saturated rings. The summed E-state index contributed by atoms with van der Waals surface area (Å²) >= 11 is 12.6. The Morgan fingerprint density at radius 1 is 0.981 bits per heavy atom. The van der Waals surface area contributed by atoms with Crippen LogP contribution in [0.15, 0.2) is 70.6 Å². The van der Waals surface area contributed by atoms with Crippen LogP contribution in [0.2, 0.25) is 10.0 Å². The summed E-state index contributed by atoms with van der Waals surface area (Å²) in [5, 5.41) is 1.08. The molecule has 2 aliphatic rings. The molecule has 1 N–H and O–H groups in total. The van der Waals surface area contributed by atoms with Crippen LogP contribution < -0.4 is 9.46 Å². The summed E-state index contributed by atoms with van der Waals surface area (Å²) in [6.07, 6.45) is 0. The first kappa shape index (κ1) is 39.5. The van der Waals surface area contributed by atoms with Gasteiger partial charge in [0.2, 0.25) is 15.9 Å². The summed E-state index contributed by atoms with van der Waals surface area (Å²) in [5.41, 5.74) is 2.37. The molecule has 0 bridgehead atoms. The molecule has 15 heteroatoms. The van der Waals surface area contributed by atoms with E-state index in [1.54, 1.807) is 59.0 Å². The van der Waals surface area contributed by atoms with Crippen molar-refractivity contribution in [3.05, 3.63) is 93.0 Å². The third kappa shape index (κ3) is 8.73. The highest BCUT2D eigenvalue weighted by atomic mass is 35.5. The van der Waals surface area contributed by atoms with E-state index in [-0.39, 0.29) is 48.6 Å². The summed E-state index contributed by atoms with van der Waals surface area (Å²) in [6, 6.07) is 16.2. The van der Waals surface area contributed by atoms with Gasteiger partial charge in [0, 0.05) is 56.4 Å². The van der Waals surface area contributed by atoms with Crippen molar-refractivity contribution >= 4 is 51.0 Å². The summed E-state index contributed by atoms with van der Waals surface area (Å²) in [6.45, 7) is 9.51. The Morgan fingerprint density at radius 2 is 1.58 bits per heavy atom. The molecular formula is C37H46Cl2N6O6S. The normalized spacial score (nSPS) is 18.1. The smallest absolute Gasteiger partial charge is 0.326 e. The van der Waals surface area contributed by atoms with Crippen LogP contribution >= 0.6 is 23.2 Å². The van der Waals surface area contributed by atoms with Crippen LogP contribution in [0.3, 0.4) is 0 Å². The number of carbonyl (C=O) groups excluding carboxylic acids is 2. The van der Waals surface area contributed by atoms with Crippen LogP contribution in [0.1, 0.15) is 55.1 Å². The first-order valence-corrected chi connectivity index (χ1v) is 19.4. The van der Waals surface area contributed by atoms with Gasteiger partial charge in [0.25, 0.3) is 0 Å². The van der Waals surface area contributed by atoms with Gasteiger partial charge in [-0.05, 0) is 80.8 Å². The quantitative estimate of drug-likeness (QED) is 0.233. The predicted molar refractivity (Wildman–Crippen MR) is 203 cm³/mol. The molecule has 0 radical (unpaired) electrons. The third-order valence-electron chi connectivity index (χ3n) is 9.37. The van der Waals surface area contributed by atoms with Crippen molar-refractivity contribution in [2.45, 2.75) is 50.7 Å². The molecule has 5 rings (SSSR count). The number of sulfonamides is 1. The van der Waals surface area contributed by atoms with Gasteiger partial charge < -0.3 is 19.3 Å². The SMILES string of the molecule is CCOc1cc(C)c(S(=O)(=O)NCOC)cc1C1=N[C@@H](c2ccc(Cl)cc2)[C@@H](c2ccc(Cl)cc2)N1C(=O)N1CCN(CC(=O)N(C)C(C)C)CC1. The molecule has 0 aromatic heterocycles. The maximum absolute atomic E-state index is 15.0. The van der Waals surface area contributed by atoms with Crippen molar-refractivity contribution in [2.24, 2.45) is 4.99 Å². The second kappa shape index (κ2) is 17.0. The van der Waals surface area contributed by atoms with E-state index >= 15 is 0 Å². The molecule has 12 nitrogen and oxygen atoms in total. The van der Waals surface area contributed by atoms with Gasteiger partial charge in [-0.2, -0.15) is 4.72 Å². The molecule has 3 aromatic rings. The van der Waals surface area contributed by atoms with Gasteiger partial charge in [0.1, 0.15) is 24.4 Å². The number of hydrogen-bond acceptors (Lipinski definition) is 8. The average Bonchev–Trinajstić information content (AvgIpc) is 3.51. The largest absolute Gasteiger partial charge is 0.493 e. The van der Waals surface area contributed by atoms with Gasteiger partial charge in [-0.3, -0.25) is 19.6 Å². The van der Waals surface area contributed by atoms with Crippen molar-refractivity contribution in [1.82, 2.24) is 24.3 Å². The number of hydrogen-bond donors (Lipinski definition) is 1. The van der Waals surface area contributed by atoms with Crippen molar-refractivity contribution in [1.29, 1.82) is 0 Å². The number of aryl methyl sites for hydroxylation is 1. The van der Waals surface area contributed by atoms with Gasteiger partial charge in [-0.15, -0.1) is 0 Å². The lowest BCUT2D eigenvalue weighted by molar-refractivity contribution is -0.132. The van der Waals surface area contributed by atoms with E-state index in [0.717, 1.165) is 11.1 Å². The van der Waals surface area contributed by atoms with E-state index < -0.39 is 22.1 Å². The Kier molecular flexibility index (Phi) is 12.9. The Balaban J connectivity index is 1.63. The average molecular weight is 774 g/mol. The van der Waals surface area contributed by atoms with Crippen LogP contribution in [-0.2, 0) is 19.6 Å². The molecule has 3 amide bonds. The number of aliphatic imine (C=N–C) groups is 1. The fraction of sp³-hybridized carbons (Fsp3) is 0.432. The number of ether oxygens (including phenoxy) is 2. The number of likely N-dealkylation sites (N-methyl/N-ethyl adjacent to an activating group) is 1. The van der Waals surface area contributed by atoms with Gasteiger partial charge in [0.15, 0.2) is 0 Å². The van der Waals surface area contributed by atoms with Gasteiger partial charge >= 0.3 is 6.03 Å². The number of amidine groups is 1. The second-order valence-corrected chi connectivity index (χ2v) is 15.7. The summed E-state index contributed by atoms with van der Waals surface area (Å²) < 4.78 is 40.6. The van der Waals surface area contributed by atoms with E-state index in [9.17, 15) is 18.0 Å². The van der Waals surface area contributed by atoms with E-state index in [1.165, 1.54) is 13.2 Å². The van der Waals surface area contributed by atoms with Crippen molar-refractivity contribution < 1.29 is 27.5 Å². The Bertz CT molecular complexity index is 1880. The zero-order valence-electron chi connectivity index (χ0n) is 30.3. The third-order valence-corrected chi connectivity index (χ3v) is 11.4. The Labute approximate surface area is 316 Å². The summed E-state index contributed by atoms with van der Waals surface area (Å²) in [7, 11) is -0.842. The van der Waals surface area contributed by atoms with Gasteiger partial charge in [-0.1, -0.05) is 47.5 Å². The van der Waals surface area contributed by atoms with Crippen LogP contribution in [0.25, 0.3) is 0 Å². The standard InChI is InChI=1S/C37H46Cl2N6O6S/c1-7-51-31-20-25(4)32(52(48,49)40-23-50-6)21-30(31)36-41-34(26-8-12-28(38)13-9-26)35(27-10-14-29(39)15-11-27)45(36)37(47)44-18-16-43(17-19-44)22-33(46)42(5)24(2)3/h8-15,20-21,24,34-35,40H,7,16-19,22-23H2,1-6H3/t34-,35+/m0/s1. The van der Waals surface area contributed by atoms with E-state index in [1.807, 2.05) is 45.0 Å². The number of methoxy groups -OCH3 is 1. The van der Waals surface area contributed by atoms with Crippen LogP contribution in [0.5, 0.6) is 5.75 Å². The van der Waals surface area contributed by atoms with Gasteiger partial charge in [-0.25, -0.2) is 13.2 Å². The maximum atomic E-state index is 15.0. The fourth-order valence-corrected chi connectivity index (χ4v) is 7.75. The number of benzene rings is 3. The van der Waals surface area contributed by atoms with Crippen LogP contribution in [-0.4, -0.2) is 112 Å². The maximum Gasteiger partial charge on any atom is 0.326 e. The second-order valence-electron chi connectivity index (χ2n) is 13.1. The van der Waals surface area contributed by atoms with Crippen molar-refractivity contribution in [3.8, 4) is 5.75 Å². The molecule has 0 aliphatic carbocycles. The molecule has 2 heterocycles. The number of nitrogens with zero attached hydrogens (tertiary/aromatic N) is 5. The molecule has 3 aromatic carbocycles. The number of rotatable bonds is 12. The van der Waals surface area contributed by atoms with Crippen LogP contribution in [0, 0.1) is 6.92 Å². The first-order valence-electron chi connectivity index (χ1n) is 17.2. The highest BCUT2D eigenvalue weighted by Gasteiger charge is 2.45. The predicted octanol–water partition coefficient (Wildman–Crippen LogP) is 5.73. The molecule has 0 spiro atoms. The number of halogens is 2. The minimum atomic E-state index is -4.03. The molecular weight excluding hydrogens is 727 g/mol. The van der Waals surface area contributed by atoms with Gasteiger partial charge in [0.05, 0.1) is 29.7 Å². The summed E-state index contributed by atoms with van der Waals surface area (Å²) in [5.74, 6) is 0.657. The molecule has 2 aliphatic heterocycles. The molecule has 280 valence electrons. The molecule has 1 saturated heterocycles. The van der Waals surface area contributed by atoms with E-state index in [4.69, 9.17) is 37.7 Å². The minimum absolute atomic E-state index is 0.000681. The lowest BCUT2D eigenvalue weighted by Gasteiger charge is -2.39. The topological polar surface area (TPSA) is 124 Å². The van der Waals surface area contributed by atoms with Crippen molar-refractivity contribution in [2.75, 3.05) is 60.2 Å². The zero-order chi connectivity index (χ0) is 37.7. The zero-order valence-corrected chi connectivity index (χ0v) is 32.6. The fourth-order valence-electron chi connectivity index (χ4n) is 6.31.